The highest BCUT2D eigenvalue weighted by atomic mass is 16.5. The molecule has 0 aliphatic carbocycles. The van der Waals surface area contributed by atoms with Gasteiger partial charge in [0.25, 0.3) is 0 Å². The number of benzene rings is 1. The van der Waals surface area contributed by atoms with Crippen LogP contribution in [0.15, 0.2) is 42.6 Å². The molecule has 0 saturated heterocycles. The van der Waals surface area contributed by atoms with Gasteiger partial charge in [0.05, 0.1) is 6.61 Å². The zero-order chi connectivity index (χ0) is 12.7. The van der Waals surface area contributed by atoms with Gasteiger partial charge in [-0.15, -0.1) is 0 Å². The average Bonchev–Trinajstić information content (AvgIpc) is 2.30. The molecule has 0 atom stereocenters. The number of nitrogens with zero attached hydrogens (tertiary/aromatic N) is 1. The number of carbonyl (C=O) groups excluding carboxylic acids is 1. The van der Waals surface area contributed by atoms with E-state index >= 15 is 0 Å². The Morgan fingerprint density at radius 3 is 2.53 bits per heavy atom. The zero-order valence-electron chi connectivity index (χ0n) is 10.6. The lowest BCUT2D eigenvalue weighted by Gasteiger charge is -2.24. The van der Waals surface area contributed by atoms with E-state index in [2.05, 4.69) is 13.8 Å². The van der Waals surface area contributed by atoms with E-state index in [0.717, 1.165) is 5.69 Å². The Balaban J connectivity index is 2.78. The van der Waals surface area contributed by atoms with Crippen LogP contribution in [0.4, 0.5) is 5.69 Å². The summed E-state index contributed by atoms with van der Waals surface area (Å²) in [6.07, 6.45) is 3.22. The van der Waals surface area contributed by atoms with Crippen molar-refractivity contribution in [2.75, 3.05) is 11.5 Å². The molecule has 3 heteroatoms. The van der Waals surface area contributed by atoms with Gasteiger partial charge in [0.1, 0.15) is 0 Å². The number of hydrogen-bond donors (Lipinski definition) is 0. The Hall–Kier alpha value is -1.77. The van der Waals surface area contributed by atoms with Crippen LogP contribution in [0.5, 0.6) is 0 Å². The Labute approximate surface area is 103 Å². The van der Waals surface area contributed by atoms with Crippen molar-refractivity contribution in [2.45, 2.75) is 26.8 Å². The fraction of sp³-hybridized carbons (Fsp3) is 0.357. The Morgan fingerprint density at radius 1 is 1.35 bits per heavy atom. The van der Waals surface area contributed by atoms with Gasteiger partial charge in [0, 0.05) is 24.0 Å². The standard InChI is InChI=1S/C14H19NO2/c1-4-17-14(16)10-11-15(12(2)3)13-8-6-5-7-9-13/h5-12H,4H2,1-3H3/b11-10+. The molecule has 1 aromatic rings. The van der Waals surface area contributed by atoms with E-state index in [1.54, 1.807) is 13.1 Å². The van der Waals surface area contributed by atoms with E-state index in [4.69, 9.17) is 4.74 Å². The summed E-state index contributed by atoms with van der Waals surface area (Å²) in [4.78, 5) is 13.3. The van der Waals surface area contributed by atoms with Gasteiger partial charge in [-0.25, -0.2) is 4.79 Å². The van der Waals surface area contributed by atoms with E-state index in [1.807, 2.05) is 35.2 Å². The van der Waals surface area contributed by atoms with Crippen molar-refractivity contribution < 1.29 is 9.53 Å². The first kappa shape index (κ1) is 13.3. The SMILES string of the molecule is CCOC(=O)/C=C/N(c1ccccc1)C(C)C. The normalized spacial score (nSPS) is 10.8. The summed E-state index contributed by atoms with van der Waals surface area (Å²) < 4.78 is 4.86. The molecule has 3 nitrogen and oxygen atoms in total. The van der Waals surface area contributed by atoms with Crippen LogP contribution < -0.4 is 4.90 Å². The molecule has 17 heavy (non-hydrogen) atoms. The van der Waals surface area contributed by atoms with Crippen molar-refractivity contribution >= 4 is 11.7 Å². The number of esters is 1. The molecular weight excluding hydrogens is 214 g/mol. The Kier molecular flexibility index (Phi) is 5.27. The minimum atomic E-state index is -0.311. The average molecular weight is 233 g/mol. The maximum atomic E-state index is 11.3. The van der Waals surface area contributed by atoms with E-state index in [9.17, 15) is 4.79 Å². The summed E-state index contributed by atoms with van der Waals surface area (Å²) >= 11 is 0. The summed E-state index contributed by atoms with van der Waals surface area (Å²) in [7, 11) is 0. The zero-order valence-corrected chi connectivity index (χ0v) is 10.6. The second-order valence-electron chi connectivity index (χ2n) is 3.90. The van der Waals surface area contributed by atoms with E-state index in [0.29, 0.717) is 6.61 Å². The maximum Gasteiger partial charge on any atom is 0.332 e. The first-order chi connectivity index (χ1) is 8.15. The van der Waals surface area contributed by atoms with Gasteiger partial charge >= 0.3 is 5.97 Å². The second-order valence-corrected chi connectivity index (χ2v) is 3.90. The van der Waals surface area contributed by atoms with Gasteiger partial charge < -0.3 is 9.64 Å². The molecule has 0 saturated carbocycles. The molecule has 1 aromatic carbocycles. The molecule has 0 aromatic heterocycles. The Bertz CT molecular complexity index is 371. The minimum absolute atomic E-state index is 0.281. The number of carbonyl (C=O) groups is 1. The summed E-state index contributed by atoms with van der Waals surface area (Å²) in [5.74, 6) is -0.311. The van der Waals surface area contributed by atoms with Crippen LogP contribution >= 0.6 is 0 Å². The van der Waals surface area contributed by atoms with Gasteiger partial charge in [0.15, 0.2) is 0 Å². The highest BCUT2D eigenvalue weighted by molar-refractivity contribution is 5.82. The highest BCUT2D eigenvalue weighted by Crippen LogP contribution is 2.16. The third-order valence-electron chi connectivity index (χ3n) is 2.27. The summed E-state index contributed by atoms with van der Waals surface area (Å²) in [5.41, 5.74) is 1.06. The lowest BCUT2D eigenvalue weighted by Crippen LogP contribution is -2.25. The molecule has 1 rings (SSSR count). The van der Waals surface area contributed by atoms with E-state index < -0.39 is 0 Å². The molecule has 92 valence electrons. The van der Waals surface area contributed by atoms with Crippen molar-refractivity contribution in [1.82, 2.24) is 0 Å². The van der Waals surface area contributed by atoms with Crippen LogP contribution in [0.25, 0.3) is 0 Å². The number of hydrogen-bond acceptors (Lipinski definition) is 3. The fourth-order valence-corrected chi connectivity index (χ4v) is 1.49. The smallest absolute Gasteiger partial charge is 0.332 e. The molecule has 0 amide bonds. The van der Waals surface area contributed by atoms with Crippen LogP contribution in [0.3, 0.4) is 0 Å². The van der Waals surface area contributed by atoms with E-state index in [-0.39, 0.29) is 12.0 Å². The van der Waals surface area contributed by atoms with Gasteiger partial charge in [-0.2, -0.15) is 0 Å². The lowest BCUT2D eigenvalue weighted by atomic mass is 10.2. The number of anilines is 1. The van der Waals surface area contributed by atoms with Crippen LogP contribution in [0.2, 0.25) is 0 Å². The summed E-state index contributed by atoms with van der Waals surface area (Å²) in [6.45, 7) is 6.34. The fourth-order valence-electron chi connectivity index (χ4n) is 1.49. The van der Waals surface area contributed by atoms with Gasteiger partial charge in [-0.1, -0.05) is 18.2 Å². The minimum Gasteiger partial charge on any atom is -0.463 e. The van der Waals surface area contributed by atoms with Crippen LogP contribution in [-0.4, -0.2) is 18.6 Å². The van der Waals surface area contributed by atoms with Gasteiger partial charge in [-0.05, 0) is 32.9 Å². The number of ether oxygens (including phenoxy) is 1. The molecule has 0 heterocycles. The van der Waals surface area contributed by atoms with Crippen LogP contribution in [0.1, 0.15) is 20.8 Å². The molecule has 0 spiro atoms. The number of rotatable bonds is 5. The third-order valence-corrected chi connectivity index (χ3v) is 2.27. The molecule has 0 aliphatic rings. The van der Waals surface area contributed by atoms with E-state index in [1.165, 1.54) is 6.08 Å². The molecule has 0 fully saturated rings. The van der Waals surface area contributed by atoms with Crippen LogP contribution in [0, 0.1) is 0 Å². The van der Waals surface area contributed by atoms with Crippen molar-refractivity contribution in [2.24, 2.45) is 0 Å². The van der Waals surface area contributed by atoms with Gasteiger partial charge in [0.2, 0.25) is 0 Å². The second kappa shape index (κ2) is 6.74. The largest absolute Gasteiger partial charge is 0.463 e. The predicted octanol–water partition coefficient (Wildman–Crippen LogP) is 2.98. The van der Waals surface area contributed by atoms with Crippen molar-refractivity contribution in [3.63, 3.8) is 0 Å². The van der Waals surface area contributed by atoms with Crippen LogP contribution in [-0.2, 0) is 9.53 Å². The quantitative estimate of drug-likeness (QED) is 0.578. The Morgan fingerprint density at radius 2 is 2.00 bits per heavy atom. The van der Waals surface area contributed by atoms with Gasteiger partial charge in [-0.3, -0.25) is 0 Å². The molecule has 0 radical (unpaired) electrons. The van der Waals surface area contributed by atoms with Crippen molar-refractivity contribution in [3.8, 4) is 0 Å². The molecule has 0 bridgehead atoms. The predicted molar refractivity (Wildman–Crippen MR) is 69.8 cm³/mol. The molecule has 0 unspecified atom stereocenters. The van der Waals surface area contributed by atoms with Crippen molar-refractivity contribution in [3.05, 3.63) is 42.6 Å². The first-order valence-corrected chi connectivity index (χ1v) is 5.83. The molecule has 0 aliphatic heterocycles. The first-order valence-electron chi connectivity index (χ1n) is 5.83. The summed E-state index contributed by atoms with van der Waals surface area (Å²) in [6, 6.07) is 10.2. The van der Waals surface area contributed by atoms with Crippen molar-refractivity contribution in [1.29, 1.82) is 0 Å². The topological polar surface area (TPSA) is 29.5 Å². The summed E-state index contributed by atoms with van der Waals surface area (Å²) in [5, 5.41) is 0. The monoisotopic (exact) mass is 233 g/mol. The highest BCUT2D eigenvalue weighted by Gasteiger charge is 2.07. The number of para-hydroxylation sites is 1. The third kappa shape index (κ3) is 4.31. The molecule has 0 N–H and O–H groups in total. The maximum absolute atomic E-state index is 11.3. The lowest BCUT2D eigenvalue weighted by molar-refractivity contribution is -0.137. The molecular formula is C14H19NO2.